The van der Waals surface area contributed by atoms with Crippen molar-refractivity contribution in [3.63, 3.8) is 0 Å². The minimum absolute atomic E-state index is 0.0370. The Morgan fingerprint density at radius 1 is 1.13 bits per heavy atom. The molecule has 2 amide bonds. The van der Waals surface area contributed by atoms with Gasteiger partial charge in [-0.2, -0.15) is 0 Å². The monoisotopic (exact) mass is 419 g/mol. The first-order valence-corrected chi connectivity index (χ1v) is 10.4. The van der Waals surface area contributed by atoms with Crippen molar-refractivity contribution in [3.8, 4) is 5.75 Å². The molecule has 0 unspecified atom stereocenters. The molecular weight excluding hydrogens is 394 g/mol. The van der Waals surface area contributed by atoms with Crippen molar-refractivity contribution in [1.82, 2.24) is 15.4 Å². The summed E-state index contributed by atoms with van der Waals surface area (Å²) >= 11 is 0. The molecule has 0 radical (unpaired) electrons. The number of hydrogen-bond acceptors (Lipinski definition) is 5. The summed E-state index contributed by atoms with van der Waals surface area (Å²) < 4.78 is 10.5. The molecule has 0 aliphatic heterocycles. The van der Waals surface area contributed by atoms with Crippen LogP contribution in [0.1, 0.15) is 45.0 Å². The van der Waals surface area contributed by atoms with Crippen LogP contribution in [-0.2, 0) is 13.0 Å². The van der Waals surface area contributed by atoms with Gasteiger partial charge in [-0.05, 0) is 49.1 Å². The largest absolute Gasteiger partial charge is 0.497 e. The maximum Gasteiger partial charge on any atom is 0.273 e. The van der Waals surface area contributed by atoms with E-state index in [9.17, 15) is 9.59 Å². The first kappa shape index (κ1) is 20.7. The van der Waals surface area contributed by atoms with Crippen LogP contribution in [0.25, 0.3) is 0 Å². The van der Waals surface area contributed by atoms with Crippen molar-refractivity contribution in [2.24, 2.45) is 0 Å². The van der Waals surface area contributed by atoms with Gasteiger partial charge in [0.2, 0.25) is 0 Å². The number of ether oxygens (including phenoxy) is 1. The van der Waals surface area contributed by atoms with E-state index in [0.29, 0.717) is 30.8 Å². The predicted molar refractivity (Wildman–Crippen MR) is 115 cm³/mol. The lowest BCUT2D eigenvalue weighted by molar-refractivity contribution is 0.0712. The molecule has 7 nitrogen and oxygen atoms in total. The molecule has 160 valence electrons. The normalized spacial score (nSPS) is 12.9. The van der Waals surface area contributed by atoms with Crippen LogP contribution >= 0.6 is 0 Å². The van der Waals surface area contributed by atoms with Gasteiger partial charge in [0, 0.05) is 24.2 Å². The fourth-order valence-electron chi connectivity index (χ4n) is 3.37. The summed E-state index contributed by atoms with van der Waals surface area (Å²) in [5, 5.41) is 6.74. The topological polar surface area (TPSA) is 84.7 Å². The highest BCUT2D eigenvalue weighted by atomic mass is 16.5. The van der Waals surface area contributed by atoms with Gasteiger partial charge >= 0.3 is 0 Å². The maximum atomic E-state index is 12.9. The number of methoxy groups -OCH3 is 1. The lowest BCUT2D eigenvalue weighted by Gasteiger charge is -2.21. The molecule has 1 aromatic heterocycles. The molecule has 1 aliphatic rings. The third-order valence-corrected chi connectivity index (χ3v) is 5.25. The van der Waals surface area contributed by atoms with Crippen LogP contribution in [0, 0.1) is 0 Å². The molecule has 1 aliphatic carbocycles. The molecule has 31 heavy (non-hydrogen) atoms. The van der Waals surface area contributed by atoms with Gasteiger partial charge in [-0.1, -0.05) is 35.5 Å². The van der Waals surface area contributed by atoms with Gasteiger partial charge in [0.15, 0.2) is 11.5 Å². The molecule has 0 saturated heterocycles. The minimum atomic E-state index is -0.295. The average molecular weight is 419 g/mol. The van der Waals surface area contributed by atoms with E-state index in [-0.39, 0.29) is 23.6 Å². The summed E-state index contributed by atoms with van der Waals surface area (Å²) in [5.41, 5.74) is 1.96. The summed E-state index contributed by atoms with van der Waals surface area (Å²) in [4.78, 5) is 27.1. The number of carbonyl (C=O) groups is 2. The standard InChI is InChI=1S/C24H25N3O4/c1-30-20-11-7-17(8-12-20)13-14-25-23(28)22-15-21(31-26-22)16-27(19-9-10-19)24(29)18-5-3-2-4-6-18/h2-8,11-12,15,19H,9-10,13-14,16H2,1H3,(H,25,28). The maximum absolute atomic E-state index is 12.9. The third kappa shape index (κ3) is 5.31. The highest BCUT2D eigenvalue weighted by Crippen LogP contribution is 2.30. The number of hydrogen-bond donors (Lipinski definition) is 1. The third-order valence-electron chi connectivity index (χ3n) is 5.25. The fraction of sp³-hybridized carbons (Fsp3) is 0.292. The highest BCUT2D eigenvalue weighted by molar-refractivity contribution is 5.94. The second-order valence-corrected chi connectivity index (χ2v) is 7.56. The van der Waals surface area contributed by atoms with Crippen molar-refractivity contribution in [1.29, 1.82) is 0 Å². The predicted octanol–water partition coefficient (Wildman–Crippen LogP) is 3.46. The molecular formula is C24H25N3O4. The van der Waals surface area contributed by atoms with Crippen LogP contribution in [0.5, 0.6) is 5.75 Å². The number of amides is 2. The lowest BCUT2D eigenvalue weighted by Crippen LogP contribution is -2.32. The molecule has 4 rings (SSSR count). The van der Waals surface area contributed by atoms with Gasteiger partial charge in [-0.25, -0.2) is 0 Å². The Bertz CT molecular complexity index is 1030. The zero-order valence-corrected chi connectivity index (χ0v) is 17.4. The van der Waals surface area contributed by atoms with E-state index < -0.39 is 0 Å². The Balaban J connectivity index is 1.32. The number of rotatable bonds is 9. The molecule has 3 aromatic rings. The molecule has 7 heteroatoms. The first-order valence-electron chi connectivity index (χ1n) is 10.4. The first-order chi connectivity index (χ1) is 15.1. The summed E-state index contributed by atoms with van der Waals surface area (Å²) in [5.74, 6) is 0.964. The summed E-state index contributed by atoms with van der Waals surface area (Å²) in [6.07, 6.45) is 2.65. The van der Waals surface area contributed by atoms with Crippen LogP contribution in [0.4, 0.5) is 0 Å². The van der Waals surface area contributed by atoms with E-state index in [1.165, 1.54) is 0 Å². The molecule has 1 fully saturated rings. The van der Waals surface area contributed by atoms with Crippen LogP contribution in [-0.4, -0.2) is 41.6 Å². The number of carbonyl (C=O) groups excluding carboxylic acids is 2. The second kappa shape index (κ2) is 9.47. The Hall–Kier alpha value is -3.61. The Morgan fingerprint density at radius 2 is 1.87 bits per heavy atom. The Labute approximate surface area is 181 Å². The molecule has 2 aromatic carbocycles. The number of nitrogens with zero attached hydrogens (tertiary/aromatic N) is 2. The van der Waals surface area contributed by atoms with Crippen LogP contribution in [0.2, 0.25) is 0 Å². The SMILES string of the molecule is COc1ccc(CCNC(=O)c2cc(CN(C(=O)c3ccccc3)C3CC3)on2)cc1. The number of aromatic nitrogens is 1. The Morgan fingerprint density at radius 3 is 2.55 bits per heavy atom. The van der Waals surface area contributed by atoms with Crippen LogP contribution in [0.3, 0.4) is 0 Å². The average Bonchev–Trinajstić information content (AvgIpc) is 3.55. The van der Waals surface area contributed by atoms with Crippen molar-refractivity contribution < 1.29 is 18.8 Å². The smallest absolute Gasteiger partial charge is 0.273 e. The molecule has 1 N–H and O–H groups in total. The van der Waals surface area contributed by atoms with E-state index >= 15 is 0 Å². The lowest BCUT2D eigenvalue weighted by atomic mass is 10.1. The van der Waals surface area contributed by atoms with E-state index in [1.54, 1.807) is 30.2 Å². The van der Waals surface area contributed by atoms with E-state index in [2.05, 4.69) is 10.5 Å². The van der Waals surface area contributed by atoms with Crippen molar-refractivity contribution in [2.75, 3.05) is 13.7 Å². The molecule has 1 heterocycles. The summed E-state index contributed by atoms with van der Waals surface area (Å²) in [6, 6.07) is 18.7. The van der Waals surface area contributed by atoms with Crippen molar-refractivity contribution in [2.45, 2.75) is 31.8 Å². The number of benzene rings is 2. The molecule has 0 spiro atoms. The van der Waals surface area contributed by atoms with Gasteiger partial charge in [0.05, 0.1) is 13.7 Å². The van der Waals surface area contributed by atoms with Gasteiger partial charge in [0.1, 0.15) is 5.75 Å². The van der Waals surface area contributed by atoms with Gasteiger partial charge in [-0.3, -0.25) is 9.59 Å². The highest BCUT2D eigenvalue weighted by Gasteiger charge is 2.34. The van der Waals surface area contributed by atoms with E-state index in [1.807, 2.05) is 42.5 Å². The van der Waals surface area contributed by atoms with Gasteiger partial charge in [0.25, 0.3) is 11.8 Å². The summed E-state index contributed by atoms with van der Waals surface area (Å²) in [7, 11) is 1.63. The zero-order chi connectivity index (χ0) is 21.6. The summed E-state index contributed by atoms with van der Waals surface area (Å²) in [6.45, 7) is 0.776. The van der Waals surface area contributed by atoms with E-state index in [0.717, 1.165) is 24.2 Å². The minimum Gasteiger partial charge on any atom is -0.497 e. The number of nitrogens with one attached hydrogen (secondary N) is 1. The second-order valence-electron chi connectivity index (χ2n) is 7.56. The quantitative estimate of drug-likeness (QED) is 0.574. The van der Waals surface area contributed by atoms with Crippen molar-refractivity contribution in [3.05, 3.63) is 83.2 Å². The fourth-order valence-corrected chi connectivity index (χ4v) is 3.37. The molecule has 1 saturated carbocycles. The molecule has 0 bridgehead atoms. The molecule has 0 atom stereocenters. The van der Waals surface area contributed by atoms with E-state index in [4.69, 9.17) is 9.26 Å². The van der Waals surface area contributed by atoms with Crippen LogP contribution < -0.4 is 10.1 Å². The van der Waals surface area contributed by atoms with Gasteiger partial charge in [-0.15, -0.1) is 0 Å². The Kier molecular flexibility index (Phi) is 6.31. The van der Waals surface area contributed by atoms with Gasteiger partial charge < -0.3 is 19.5 Å². The zero-order valence-electron chi connectivity index (χ0n) is 17.4. The van der Waals surface area contributed by atoms with Crippen LogP contribution in [0.15, 0.2) is 65.2 Å². The van der Waals surface area contributed by atoms with Crippen molar-refractivity contribution >= 4 is 11.8 Å².